The summed E-state index contributed by atoms with van der Waals surface area (Å²) in [5.74, 6) is 0.649. The lowest BCUT2D eigenvalue weighted by molar-refractivity contribution is -0.0872. The third kappa shape index (κ3) is 4.71. The van der Waals surface area contributed by atoms with Crippen LogP contribution in [0, 0.1) is 5.92 Å². The summed E-state index contributed by atoms with van der Waals surface area (Å²) in [6.45, 7) is 9.39. The zero-order chi connectivity index (χ0) is 13.8. The normalized spacial score (nSPS) is 38.5. The average Bonchev–Trinajstić information content (AvgIpc) is 2.71. The Hall–Kier alpha value is -0.160. The molecule has 0 radical (unpaired) electrons. The molecule has 1 saturated carbocycles. The smallest absolute Gasteiger partial charge is 0.0900 e. The van der Waals surface area contributed by atoms with Crippen molar-refractivity contribution >= 4 is 0 Å². The van der Waals surface area contributed by atoms with Crippen molar-refractivity contribution in [1.82, 2.24) is 4.90 Å². The van der Waals surface area contributed by atoms with Gasteiger partial charge >= 0.3 is 0 Å². The van der Waals surface area contributed by atoms with Crippen LogP contribution in [0.2, 0.25) is 0 Å². The zero-order valence-electron chi connectivity index (χ0n) is 12.5. The number of morpholine rings is 1. The Morgan fingerprint density at radius 3 is 2.47 bits per heavy atom. The summed E-state index contributed by atoms with van der Waals surface area (Å²) in [6, 6.07) is 0. The lowest BCUT2D eigenvalue weighted by Crippen LogP contribution is -2.48. The van der Waals surface area contributed by atoms with Crippen LogP contribution in [0.3, 0.4) is 0 Å². The Morgan fingerprint density at radius 1 is 1.21 bits per heavy atom. The minimum atomic E-state index is -0.384. The number of hydrogen-bond acceptors (Lipinski definition) is 4. The van der Waals surface area contributed by atoms with E-state index in [4.69, 9.17) is 9.47 Å². The zero-order valence-corrected chi connectivity index (χ0v) is 12.5. The topological polar surface area (TPSA) is 41.9 Å². The Kier molecular flexibility index (Phi) is 5.63. The number of nitrogens with zero attached hydrogens (tertiary/aromatic N) is 1. The Labute approximate surface area is 117 Å². The first-order valence-corrected chi connectivity index (χ1v) is 7.72. The fourth-order valence-electron chi connectivity index (χ4n) is 3.38. The van der Waals surface area contributed by atoms with Crippen LogP contribution in [0.4, 0.5) is 0 Å². The molecule has 112 valence electrons. The maximum atomic E-state index is 10.1. The summed E-state index contributed by atoms with van der Waals surface area (Å²) in [7, 11) is 0. The fourth-order valence-corrected chi connectivity index (χ4v) is 3.38. The van der Waals surface area contributed by atoms with Crippen LogP contribution >= 0.6 is 0 Å². The van der Waals surface area contributed by atoms with E-state index in [9.17, 15) is 5.11 Å². The number of hydrogen-bond donors (Lipinski definition) is 1. The van der Waals surface area contributed by atoms with Gasteiger partial charge in [0.25, 0.3) is 0 Å². The van der Waals surface area contributed by atoms with Crippen molar-refractivity contribution in [2.45, 2.75) is 64.4 Å². The van der Waals surface area contributed by atoms with Gasteiger partial charge in [0, 0.05) is 19.6 Å². The summed E-state index contributed by atoms with van der Waals surface area (Å²) in [5, 5.41) is 10.1. The first-order chi connectivity index (χ1) is 9.04. The summed E-state index contributed by atoms with van der Waals surface area (Å²) in [6.07, 6.45) is 4.17. The van der Waals surface area contributed by atoms with E-state index < -0.39 is 0 Å². The van der Waals surface area contributed by atoms with Gasteiger partial charge < -0.3 is 14.6 Å². The molecule has 19 heavy (non-hydrogen) atoms. The third-order valence-electron chi connectivity index (χ3n) is 4.25. The number of rotatable bonds is 5. The largest absolute Gasteiger partial charge is 0.389 e. The van der Waals surface area contributed by atoms with E-state index >= 15 is 0 Å². The highest BCUT2D eigenvalue weighted by molar-refractivity contribution is 4.77. The fraction of sp³-hybridized carbons (Fsp3) is 1.00. The van der Waals surface area contributed by atoms with Crippen LogP contribution in [0.15, 0.2) is 0 Å². The molecule has 1 heterocycles. The van der Waals surface area contributed by atoms with Crippen molar-refractivity contribution in [3.63, 3.8) is 0 Å². The molecule has 4 heteroatoms. The highest BCUT2D eigenvalue weighted by Gasteiger charge is 2.26. The van der Waals surface area contributed by atoms with Gasteiger partial charge in [0.2, 0.25) is 0 Å². The SMILES string of the molecule is C[C@@H]1CN(C[C@@H](O)CO[C@H]2CCC[C@@H]2C)C[C@H](C)O1. The summed E-state index contributed by atoms with van der Waals surface area (Å²) < 4.78 is 11.6. The van der Waals surface area contributed by atoms with Crippen molar-refractivity contribution in [2.75, 3.05) is 26.2 Å². The van der Waals surface area contributed by atoms with Gasteiger partial charge in [-0.2, -0.15) is 0 Å². The molecule has 2 rings (SSSR count). The van der Waals surface area contributed by atoms with Crippen LogP contribution in [0.5, 0.6) is 0 Å². The Morgan fingerprint density at radius 2 is 1.89 bits per heavy atom. The molecule has 4 nitrogen and oxygen atoms in total. The molecule has 5 atom stereocenters. The number of aliphatic hydroxyl groups excluding tert-OH is 1. The molecule has 0 aromatic heterocycles. The van der Waals surface area contributed by atoms with Gasteiger partial charge in [-0.15, -0.1) is 0 Å². The lowest BCUT2D eigenvalue weighted by Gasteiger charge is -2.36. The first kappa shape index (κ1) is 15.2. The maximum absolute atomic E-state index is 10.1. The molecule has 1 N–H and O–H groups in total. The highest BCUT2D eigenvalue weighted by atomic mass is 16.5. The van der Waals surface area contributed by atoms with Gasteiger partial charge in [-0.25, -0.2) is 0 Å². The molecule has 0 spiro atoms. The van der Waals surface area contributed by atoms with Gasteiger partial charge in [-0.1, -0.05) is 13.3 Å². The molecular formula is C15H29NO3. The predicted octanol–water partition coefficient (Wildman–Crippen LogP) is 1.66. The number of ether oxygens (including phenoxy) is 2. The standard InChI is InChI=1S/C15H29NO3/c1-11-5-4-6-15(11)18-10-14(17)9-16-7-12(2)19-13(3)8-16/h11-15,17H,4-10H2,1-3H3/t11-,12-,13+,14+,15-/m0/s1. The van der Waals surface area contributed by atoms with Gasteiger partial charge in [0.1, 0.15) is 0 Å². The summed E-state index contributed by atoms with van der Waals surface area (Å²) in [5.41, 5.74) is 0. The molecule has 2 aliphatic rings. The van der Waals surface area contributed by atoms with Crippen LogP contribution < -0.4 is 0 Å². The van der Waals surface area contributed by atoms with E-state index in [2.05, 4.69) is 25.7 Å². The highest BCUT2D eigenvalue weighted by Crippen LogP contribution is 2.27. The quantitative estimate of drug-likeness (QED) is 0.826. The second-order valence-corrected chi connectivity index (χ2v) is 6.41. The van der Waals surface area contributed by atoms with Crippen molar-refractivity contribution in [2.24, 2.45) is 5.92 Å². The molecule has 0 bridgehead atoms. The summed E-state index contributed by atoms with van der Waals surface area (Å²) in [4.78, 5) is 2.28. The van der Waals surface area contributed by atoms with Gasteiger partial charge in [0.05, 0.1) is 31.0 Å². The maximum Gasteiger partial charge on any atom is 0.0900 e. The molecule has 1 aliphatic carbocycles. The minimum absolute atomic E-state index is 0.256. The second kappa shape index (κ2) is 7.02. The van der Waals surface area contributed by atoms with Crippen LogP contribution in [-0.4, -0.2) is 60.7 Å². The van der Waals surface area contributed by atoms with E-state index in [1.165, 1.54) is 12.8 Å². The number of aliphatic hydroxyl groups is 1. The molecule has 2 fully saturated rings. The van der Waals surface area contributed by atoms with Crippen LogP contribution in [0.1, 0.15) is 40.0 Å². The molecule has 0 aromatic carbocycles. The van der Waals surface area contributed by atoms with E-state index in [-0.39, 0.29) is 18.3 Å². The molecule has 0 amide bonds. The van der Waals surface area contributed by atoms with Gasteiger partial charge in [-0.3, -0.25) is 4.90 Å². The van der Waals surface area contributed by atoms with E-state index in [0.29, 0.717) is 25.2 Å². The molecule has 0 aromatic rings. The van der Waals surface area contributed by atoms with Gasteiger partial charge in [0.15, 0.2) is 0 Å². The lowest BCUT2D eigenvalue weighted by atomic mass is 10.1. The van der Waals surface area contributed by atoms with Crippen molar-refractivity contribution in [1.29, 1.82) is 0 Å². The van der Waals surface area contributed by atoms with E-state index in [0.717, 1.165) is 19.5 Å². The van der Waals surface area contributed by atoms with Gasteiger partial charge in [-0.05, 0) is 32.6 Å². The Balaban J connectivity index is 1.67. The predicted molar refractivity (Wildman–Crippen MR) is 75.2 cm³/mol. The second-order valence-electron chi connectivity index (χ2n) is 6.41. The minimum Gasteiger partial charge on any atom is -0.389 e. The van der Waals surface area contributed by atoms with Crippen molar-refractivity contribution in [3.05, 3.63) is 0 Å². The van der Waals surface area contributed by atoms with E-state index in [1.807, 2.05) is 0 Å². The van der Waals surface area contributed by atoms with Crippen LogP contribution in [-0.2, 0) is 9.47 Å². The molecular weight excluding hydrogens is 242 g/mol. The average molecular weight is 271 g/mol. The van der Waals surface area contributed by atoms with E-state index in [1.54, 1.807) is 0 Å². The first-order valence-electron chi connectivity index (χ1n) is 7.72. The molecule has 0 unspecified atom stereocenters. The van der Waals surface area contributed by atoms with Crippen LogP contribution in [0.25, 0.3) is 0 Å². The third-order valence-corrected chi connectivity index (χ3v) is 4.25. The Bertz CT molecular complexity index is 264. The summed E-state index contributed by atoms with van der Waals surface area (Å²) >= 11 is 0. The monoisotopic (exact) mass is 271 g/mol. The molecule has 1 saturated heterocycles. The van der Waals surface area contributed by atoms with Crippen molar-refractivity contribution in [3.8, 4) is 0 Å². The number of β-amino-alcohol motifs (C(OH)–C–C–N with tert-alkyl or cyclic N) is 1. The molecule has 1 aliphatic heterocycles. The van der Waals surface area contributed by atoms with Crippen molar-refractivity contribution < 1.29 is 14.6 Å².